The van der Waals surface area contributed by atoms with Gasteiger partial charge in [0.25, 0.3) is 0 Å². The number of anilines is 1. The zero-order valence-corrected chi connectivity index (χ0v) is 11.2. The van der Waals surface area contributed by atoms with E-state index < -0.39 is 0 Å². The molecule has 2 N–H and O–H groups in total. The average Bonchev–Trinajstić information content (AvgIpc) is 2.84. The predicted molar refractivity (Wildman–Crippen MR) is 71.7 cm³/mol. The van der Waals surface area contributed by atoms with Gasteiger partial charge < -0.3 is 15.4 Å². The van der Waals surface area contributed by atoms with Crippen LogP contribution in [0.1, 0.15) is 19.3 Å². The number of ether oxygens (including phenoxy) is 1. The minimum atomic E-state index is 0.577. The van der Waals surface area contributed by atoms with Gasteiger partial charge in [-0.2, -0.15) is 4.98 Å². The molecule has 1 heterocycles. The lowest BCUT2D eigenvalue weighted by Crippen LogP contribution is -2.23. The number of rotatable bonds is 5. The maximum atomic E-state index is 5.78. The minimum absolute atomic E-state index is 0.577. The van der Waals surface area contributed by atoms with Gasteiger partial charge in [-0.05, 0) is 31.2 Å². The van der Waals surface area contributed by atoms with Crippen LogP contribution in [0.2, 0.25) is 0 Å². The number of nitrogens with two attached hydrogens (primary N) is 1. The molecular weight excluding hydrogens is 228 g/mol. The van der Waals surface area contributed by atoms with Gasteiger partial charge in [0.15, 0.2) is 0 Å². The first-order valence-electron chi connectivity index (χ1n) is 6.54. The Morgan fingerprint density at radius 3 is 2.89 bits per heavy atom. The van der Waals surface area contributed by atoms with Gasteiger partial charge in [0, 0.05) is 26.4 Å². The highest BCUT2D eigenvalue weighted by Crippen LogP contribution is 2.31. The van der Waals surface area contributed by atoms with E-state index in [0.29, 0.717) is 30.3 Å². The summed E-state index contributed by atoms with van der Waals surface area (Å²) in [5, 5.41) is 0. The third kappa shape index (κ3) is 3.10. The van der Waals surface area contributed by atoms with Crippen LogP contribution in [0.15, 0.2) is 12.3 Å². The predicted octanol–water partition coefficient (Wildman–Crippen LogP) is 1.30. The maximum absolute atomic E-state index is 5.78. The molecule has 0 aromatic carbocycles. The molecule has 5 nitrogen and oxygen atoms in total. The molecule has 1 aliphatic rings. The first-order chi connectivity index (χ1) is 8.70. The van der Waals surface area contributed by atoms with E-state index in [2.05, 4.69) is 9.97 Å². The number of hydrogen-bond acceptors (Lipinski definition) is 5. The number of nitrogens with zero attached hydrogens (tertiary/aromatic N) is 3. The van der Waals surface area contributed by atoms with Crippen molar-refractivity contribution in [3.05, 3.63) is 12.3 Å². The van der Waals surface area contributed by atoms with Crippen molar-refractivity contribution in [2.45, 2.75) is 19.3 Å². The lowest BCUT2D eigenvalue weighted by atomic mass is 9.97. The second-order valence-electron chi connectivity index (χ2n) is 5.09. The highest BCUT2D eigenvalue weighted by Gasteiger charge is 2.26. The third-order valence-electron chi connectivity index (χ3n) is 3.58. The van der Waals surface area contributed by atoms with Gasteiger partial charge in [-0.25, -0.2) is 4.98 Å². The number of aromatic nitrogens is 2. The highest BCUT2D eigenvalue weighted by atomic mass is 16.5. The Labute approximate surface area is 108 Å². The summed E-state index contributed by atoms with van der Waals surface area (Å²) in [6.45, 7) is 1.48. The Kier molecular flexibility index (Phi) is 4.36. The average molecular weight is 250 g/mol. The van der Waals surface area contributed by atoms with E-state index in [-0.39, 0.29) is 0 Å². The first kappa shape index (κ1) is 13.1. The Morgan fingerprint density at radius 2 is 2.17 bits per heavy atom. The van der Waals surface area contributed by atoms with Crippen LogP contribution in [0.25, 0.3) is 0 Å². The van der Waals surface area contributed by atoms with E-state index >= 15 is 0 Å². The highest BCUT2D eigenvalue weighted by molar-refractivity contribution is 5.29. The minimum Gasteiger partial charge on any atom is -0.477 e. The topological polar surface area (TPSA) is 64.3 Å². The largest absolute Gasteiger partial charge is 0.477 e. The Morgan fingerprint density at radius 1 is 1.39 bits per heavy atom. The molecule has 1 aliphatic carbocycles. The molecule has 0 aliphatic heterocycles. The van der Waals surface area contributed by atoms with Crippen LogP contribution in [-0.4, -0.2) is 37.2 Å². The molecule has 2 rings (SSSR count). The molecular formula is C13H22N4O. The second-order valence-corrected chi connectivity index (χ2v) is 5.09. The molecule has 100 valence electrons. The molecule has 1 aromatic heterocycles. The molecule has 0 radical (unpaired) electrons. The fraction of sp³-hybridized carbons (Fsp3) is 0.692. The summed E-state index contributed by atoms with van der Waals surface area (Å²) in [6.07, 6.45) is 5.44. The Balaban J connectivity index is 1.91. The summed E-state index contributed by atoms with van der Waals surface area (Å²) >= 11 is 0. The van der Waals surface area contributed by atoms with Crippen molar-refractivity contribution in [3.63, 3.8) is 0 Å². The third-order valence-corrected chi connectivity index (χ3v) is 3.58. The summed E-state index contributed by atoms with van der Waals surface area (Å²) in [7, 11) is 3.83. The van der Waals surface area contributed by atoms with Crippen LogP contribution < -0.4 is 15.4 Å². The van der Waals surface area contributed by atoms with Gasteiger partial charge in [-0.3, -0.25) is 0 Å². The van der Waals surface area contributed by atoms with E-state index in [9.17, 15) is 0 Å². The molecule has 1 aromatic rings. The lowest BCUT2D eigenvalue weighted by molar-refractivity contribution is 0.210. The fourth-order valence-electron chi connectivity index (χ4n) is 2.46. The van der Waals surface area contributed by atoms with Crippen LogP contribution in [0.4, 0.5) is 5.95 Å². The van der Waals surface area contributed by atoms with Gasteiger partial charge in [0.1, 0.15) is 0 Å². The summed E-state index contributed by atoms with van der Waals surface area (Å²) in [5.41, 5.74) is 5.77. The van der Waals surface area contributed by atoms with Gasteiger partial charge in [-0.1, -0.05) is 6.42 Å². The molecule has 0 bridgehead atoms. The zero-order chi connectivity index (χ0) is 13.0. The van der Waals surface area contributed by atoms with E-state index in [0.717, 1.165) is 6.54 Å². The van der Waals surface area contributed by atoms with Gasteiger partial charge in [0.2, 0.25) is 11.8 Å². The molecule has 5 heteroatoms. The van der Waals surface area contributed by atoms with Crippen LogP contribution in [0.5, 0.6) is 5.88 Å². The quantitative estimate of drug-likeness (QED) is 0.853. The van der Waals surface area contributed by atoms with Crippen LogP contribution in [0, 0.1) is 11.8 Å². The second kappa shape index (κ2) is 6.00. The van der Waals surface area contributed by atoms with E-state index in [1.165, 1.54) is 19.3 Å². The van der Waals surface area contributed by atoms with Crippen LogP contribution in [0.3, 0.4) is 0 Å². The summed E-state index contributed by atoms with van der Waals surface area (Å²) < 4.78 is 5.78. The van der Waals surface area contributed by atoms with Gasteiger partial charge in [0.05, 0.1) is 6.61 Å². The van der Waals surface area contributed by atoms with Crippen molar-refractivity contribution in [1.82, 2.24) is 9.97 Å². The molecule has 2 unspecified atom stereocenters. The molecule has 18 heavy (non-hydrogen) atoms. The van der Waals surface area contributed by atoms with Crippen LogP contribution >= 0.6 is 0 Å². The van der Waals surface area contributed by atoms with Crippen molar-refractivity contribution in [2.75, 3.05) is 32.1 Å². The summed E-state index contributed by atoms with van der Waals surface area (Å²) in [5.74, 6) is 2.51. The normalized spacial score (nSPS) is 23.1. The summed E-state index contributed by atoms with van der Waals surface area (Å²) in [4.78, 5) is 10.4. The van der Waals surface area contributed by atoms with Crippen molar-refractivity contribution >= 4 is 5.95 Å². The maximum Gasteiger partial charge on any atom is 0.228 e. The molecule has 0 saturated heterocycles. The van der Waals surface area contributed by atoms with E-state index in [1.54, 1.807) is 12.3 Å². The Hall–Kier alpha value is -1.36. The molecule has 0 amide bonds. The molecule has 1 saturated carbocycles. The fourth-order valence-corrected chi connectivity index (χ4v) is 2.46. The van der Waals surface area contributed by atoms with Crippen LogP contribution in [-0.2, 0) is 0 Å². The van der Waals surface area contributed by atoms with Crippen molar-refractivity contribution in [3.8, 4) is 5.88 Å². The molecule has 1 fully saturated rings. The number of hydrogen-bond donors (Lipinski definition) is 1. The molecule has 0 spiro atoms. The summed E-state index contributed by atoms with van der Waals surface area (Å²) in [6, 6.07) is 1.80. The van der Waals surface area contributed by atoms with Crippen molar-refractivity contribution in [1.29, 1.82) is 0 Å². The lowest BCUT2D eigenvalue weighted by Gasteiger charge is -2.18. The van der Waals surface area contributed by atoms with Gasteiger partial charge in [-0.15, -0.1) is 0 Å². The molecule has 2 atom stereocenters. The van der Waals surface area contributed by atoms with E-state index in [1.807, 2.05) is 19.0 Å². The van der Waals surface area contributed by atoms with Crippen molar-refractivity contribution < 1.29 is 4.74 Å². The first-order valence-corrected chi connectivity index (χ1v) is 6.54. The monoisotopic (exact) mass is 250 g/mol. The SMILES string of the molecule is CN(C)c1nccc(OCC2CCCC2CN)n1. The van der Waals surface area contributed by atoms with E-state index in [4.69, 9.17) is 10.5 Å². The van der Waals surface area contributed by atoms with Crippen molar-refractivity contribution in [2.24, 2.45) is 17.6 Å². The smallest absolute Gasteiger partial charge is 0.228 e. The Bertz CT molecular complexity index is 383. The van der Waals surface area contributed by atoms with Gasteiger partial charge >= 0.3 is 0 Å². The standard InChI is InChI=1S/C13H22N4O/c1-17(2)13-15-7-6-12(16-13)18-9-11-5-3-4-10(11)8-14/h6-7,10-11H,3-5,8-9,14H2,1-2H3. The zero-order valence-electron chi connectivity index (χ0n) is 11.2.